The predicted molar refractivity (Wildman–Crippen MR) is 93.3 cm³/mol. The van der Waals surface area contributed by atoms with Gasteiger partial charge in [0.15, 0.2) is 0 Å². The molecule has 2 atom stereocenters. The monoisotopic (exact) mass is 415 g/mol. The van der Waals surface area contributed by atoms with Gasteiger partial charge in [-0.25, -0.2) is 0 Å². The highest BCUT2D eigenvalue weighted by molar-refractivity contribution is 9.10. The van der Waals surface area contributed by atoms with Crippen LogP contribution in [0.15, 0.2) is 51.4 Å². The van der Waals surface area contributed by atoms with Crippen LogP contribution in [0.4, 0.5) is 0 Å². The lowest BCUT2D eigenvalue weighted by molar-refractivity contribution is 0.493. The molecule has 0 radical (unpaired) electrons. The maximum Gasteiger partial charge on any atom is 0.0464 e. The molecule has 0 aromatic heterocycles. The molecule has 2 rings (SSSR count). The maximum atomic E-state index is 6.31. The Labute approximate surface area is 142 Å². The van der Waals surface area contributed by atoms with Crippen LogP contribution in [0, 0.1) is 0 Å². The molecule has 0 aliphatic carbocycles. The average Bonchev–Trinajstić information content (AvgIpc) is 2.38. The van der Waals surface area contributed by atoms with E-state index in [0.717, 1.165) is 19.5 Å². The summed E-state index contributed by atoms with van der Waals surface area (Å²) >= 11 is 13.3. The number of hydrogen-bond acceptors (Lipinski definition) is 1. The molecule has 2 aromatic carbocycles. The molecule has 20 heavy (non-hydrogen) atoms. The standard InChI is InChI=1S/C16H16Br2ClN/c1-10(13-5-3-4-6-15(13)18)20-11(2)14-8-7-12(17)9-16(14)19/h3-11,20H,1-2H3. The van der Waals surface area contributed by atoms with Gasteiger partial charge in [0.25, 0.3) is 0 Å². The Kier molecular flexibility index (Phi) is 5.67. The molecule has 0 saturated heterocycles. The number of nitrogens with one attached hydrogen (secondary N) is 1. The maximum absolute atomic E-state index is 6.31. The van der Waals surface area contributed by atoms with Crippen molar-refractivity contribution in [2.24, 2.45) is 0 Å². The fourth-order valence-electron chi connectivity index (χ4n) is 2.23. The Hall–Kier alpha value is -0.350. The van der Waals surface area contributed by atoms with E-state index in [-0.39, 0.29) is 12.1 Å². The van der Waals surface area contributed by atoms with Gasteiger partial charge >= 0.3 is 0 Å². The first-order valence-corrected chi connectivity index (χ1v) is 8.41. The molecule has 0 saturated carbocycles. The van der Waals surface area contributed by atoms with E-state index in [1.807, 2.05) is 18.2 Å². The van der Waals surface area contributed by atoms with Crippen molar-refractivity contribution in [3.8, 4) is 0 Å². The summed E-state index contributed by atoms with van der Waals surface area (Å²) in [5.41, 5.74) is 2.35. The minimum Gasteiger partial charge on any atom is -0.304 e. The minimum absolute atomic E-state index is 0.178. The highest BCUT2D eigenvalue weighted by atomic mass is 79.9. The molecule has 0 amide bonds. The molecular weight excluding hydrogens is 401 g/mol. The SMILES string of the molecule is CC(NC(C)c1ccccc1Br)c1ccc(Br)cc1Cl. The summed E-state index contributed by atoms with van der Waals surface area (Å²) in [5, 5.41) is 4.36. The normalized spacial score (nSPS) is 14.1. The topological polar surface area (TPSA) is 12.0 Å². The van der Waals surface area contributed by atoms with Gasteiger partial charge in [0.1, 0.15) is 0 Å². The Morgan fingerprint density at radius 3 is 2.25 bits per heavy atom. The van der Waals surface area contributed by atoms with E-state index in [2.05, 4.69) is 75.3 Å². The summed E-state index contributed by atoms with van der Waals surface area (Å²) in [7, 11) is 0. The van der Waals surface area contributed by atoms with Gasteiger partial charge in [-0.05, 0) is 43.2 Å². The van der Waals surface area contributed by atoms with Crippen LogP contribution < -0.4 is 5.32 Å². The lowest BCUT2D eigenvalue weighted by Gasteiger charge is -2.22. The van der Waals surface area contributed by atoms with Crippen molar-refractivity contribution in [1.29, 1.82) is 0 Å². The van der Waals surface area contributed by atoms with E-state index in [1.165, 1.54) is 5.56 Å². The lowest BCUT2D eigenvalue weighted by atomic mass is 10.0. The zero-order chi connectivity index (χ0) is 14.7. The number of rotatable bonds is 4. The van der Waals surface area contributed by atoms with Crippen molar-refractivity contribution >= 4 is 43.5 Å². The molecule has 1 N–H and O–H groups in total. The molecule has 2 aromatic rings. The van der Waals surface area contributed by atoms with E-state index >= 15 is 0 Å². The van der Waals surface area contributed by atoms with Gasteiger partial charge < -0.3 is 5.32 Å². The van der Waals surface area contributed by atoms with Crippen LogP contribution in [0.5, 0.6) is 0 Å². The zero-order valence-corrected chi connectivity index (χ0v) is 15.3. The Morgan fingerprint density at radius 1 is 0.950 bits per heavy atom. The van der Waals surface area contributed by atoms with Gasteiger partial charge in [-0.3, -0.25) is 0 Å². The third kappa shape index (κ3) is 3.85. The second kappa shape index (κ2) is 7.08. The van der Waals surface area contributed by atoms with Crippen molar-refractivity contribution in [3.63, 3.8) is 0 Å². The lowest BCUT2D eigenvalue weighted by Crippen LogP contribution is -2.23. The molecule has 1 nitrogen and oxygen atoms in total. The van der Waals surface area contributed by atoms with Crippen molar-refractivity contribution in [3.05, 3.63) is 67.6 Å². The summed E-state index contributed by atoms with van der Waals surface area (Å²) in [6.45, 7) is 4.28. The molecule has 0 heterocycles. The van der Waals surface area contributed by atoms with Crippen LogP contribution in [0.1, 0.15) is 37.1 Å². The van der Waals surface area contributed by atoms with Gasteiger partial charge in [0.2, 0.25) is 0 Å². The molecule has 4 heteroatoms. The molecule has 106 valence electrons. The number of halogens is 3. The van der Waals surface area contributed by atoms with Crippen LogP contribution in [-0.2, 0) is 0 Å². The van der Waals surface area contributed by atoms with Crippen molar-refractivity contribution in [2.45, 2.75) is 25.9 Å². The van der Waals surface area contributed by atoms with Crippen LogP contribution in [0.2, 0.25) is 5.02 Å². The summed E-state index contributed by atoms with van der Waals surface area (Å²) in [4.78, 5) is 0. The van der Waals surface area contributed by atoms with E-state index in [4.69, 9.17) is 11.6 Å². The van der Waals surface area contributed by atoms with Gasteiger partial charge in [-0.2, -0.15) is 0 Å². The summed E-state index contributed by atoms with van der Waals surface area (Å²) < 4.78 is 2.12. The molecule has 0 aliphatic rings. The second-order valence-corrected chi connectivity index (χ2v) is 6.97. The van der Waals surface area contributed by atoms with Crippen molar-refractivity contribution in [1.82, 2.24) is 5.32 Å². The largest absolute Gasteiger partial charge is 0.304 e. The van der Waals surface area contributed by atoms with Crippen LogP contribution in [0.3, 0.4) is 0 Å². The summed E-state index contributed by atoms with van der Waals surface area (Å²) in [6.07, 6.45) is 0. The molecular formula is C16H16Br2ClN. The van der Waals surface area contributed by atoms with Crippen LogP contribution >= 0.6 is 43.5 Å². The van der Waals surface area contributed by atoms with E-state index in [9.17, 15) is 0 Å². The third-order valence-corrected chi connectivity index (χ3v) is 4.84. The Balaban J connectivity index is 2.15. The van der Waals surface area contributed by atoms with Crippen LogP contribution in [-0.4, -0.2) is 0 Å². The summed E-state index contributed by atoms with van der Waals surface area (Å²) in [5.74, 6) is 0. The molecule has 0 aliphatic heterocycles. The fourth-order valence-corrected chi connectivity index (χ4v) is 3.70. The van der Waals surface area contributed by atoms with Gasteiger partial charge in [0.05, 0.1) is 0 Å². The molecule has 0 fully saturated rings. The first kappa shape index (κ1) is 16.0. The van der Waals surface area contributed by atoms with Crippen LogP contribution in [0.25, 0.3) is 0 Å². The van der Waals surface area contributed by atoms with E-state index < -0.39 is 0 Å². The molecule has 2 unspecified atom stereocenters. The first-order chi connectivity index (χ1) is 9.49. The smallest absolute Gasteiger partial charge is 0.0464 e. The highest BCUT2D eigenvalue weighted by Gasteiger charge is 2.15. The van der Waals surface area contributed by atoms with Crippen molar-refractivity contribution < 1.29 is 0 Å². The van der Waals surface area contributed by atoms with Gasteiger partial charge in [0, 0.05) is 26.1 Å². The fraction of sp³-hybridized carbons (Fsp3) is 0.250. The Bertz CT molecular complexity index is 601. The van der Waals surface area contributed by atoms with Gasteiger partial charge in [-0.15, -0.1) is 0 Å². The Morgan fingerprint density at radius 2 is 1.60 bits per heavy atom. The van der Waals surface area contributed by atoms with E-state index in [1.54, 1.807) is 0 Å². The van der Waals surface area contributed by atoms with Gasteiger partial charge in [-0.1, -0.05) is 67.7 Å². The van der Waals surface area contributed by atoms with E-state index in [0.29, 0.717) is 0 Å². The third-order valence-electron chi connectivity index (χ3n) is 3.30. The second-order valence-electron chi connectivity index (χ2n) is 4.80. The first-order valence-electron chi connectivity index (χ1n) is 6.44. The quantitative estimate of drug-likeness (QED) is 0.618. The van der Waals surface area contributed by atoms with Crippen molar-refractivity contribution in [2.75, 3.05) is 0 Å². The number of benzene rings is 2. The average molecular weight is 418 g/mol. The highest BCUT2D eigenvalue weighted by Crippen LogP contribution is 2.29. The summed E-state index contributed by atoms with van der Waals surface area (Å²) in [6, 6.07) is 14.7. The number of hydrogen-bond donors (Lipinski definition) is 1. The molecule has 0 spiro atoms. The zero-order valence-electron chi connectivity index (χ0n) is 11.3. The minimum atomic E-state index is 0.178. The molecule has 0 bridgehead atoms. The predicted octanol–water partition coefficient (Wildman–Crippen LogP) is 6.28.